The highest BCUT2D eigenvalue weighted by atomic mass is 16.3. The maximum Gasteiger partial charge on any atom is 0.0882 e. The molecule has 5 heteroatoms. The van der Waals surface area contributed by atoms with Crippen LogP contribution in [0.3, 0.4) is 0 Å². The minimum absolute atomic E-state index is 0.00965. The van der Waals surface area contributed by atoms with Crippen LogP contribution in [0.25, 0.3) is 0 Å². The summed E-state index contributed by atoms with van der Waals surface area (Å²) in [5, 5.41) is 35.0. The fraction of sp³-hybridized carbons (Fsp3) is 1.00. The van der Waals surface area contributed by atoms with Gasteiger partial charge in [-0.25, -0.2) is 0 Å². The van der Waals surface area contributed by atoms with Gasteiger partial charge in [0, 0.05) is 23.9 Å². The molecule has 34 heavy (non-hydrogen) atoms. The van der Waals surface area contributed by atoms with Crippen LogP contribution < -0.4 is 0 Å². The molecule has 0 spiro atoms. The molecule has 0 aromatic rings. The molecule has 0 bridgehead atoms. The van der Waals surface area contributed by atoms with E-state index in [1.54, 1.807) is 0 Å². The molecular formula is C29H50N2O3. The van der Waals surface area contributed by atoms with Crippen LogP contribution in [0.5, 0.6) is 0 Å². The third-order valence-electron chi connectivity index (χ3n) is 12.5. The first-order chi connectivity index (χ1) is 16.3. The minimum atomic E-state index is -0.791. The monoisotopic (exact) mass is 474 g/mol. The van der Waals surface area contributed by atoms with Crippen molar-refractivity contribution in [3.63, 3.8) is 0 Å². The van der Waals surface area contributed by atoms with Crippen molar-refractivity contribution >= 4 is 0 Å². The van der Waals surface area contributed by atoms with Gasteiger partial charge in [-0.3, -0.25) is 9.80 Å². The van der Waals surface area contributed by atoms with Crippen molar-refractivity contribution in [1.82, 2.24) is 9.80 Å². The van der Waals surface area contributed by atoms with E-state index in [0.717, 1.165) is 64.7 Å². The quantitative estimate of drug-likeness (QED) is 0.568. The minimum Gasteiger partial charge on any atom is -0.393 e. The fourth-order valence-electron chi connectivity index (χ4n) is 10.5. The fourth-order valence-corrected chi connectivity index (χ4v) is 10.5. The molecule has 4 saturated carbocycles. The first kappa shape index (κ1) is 24.2. The molecule has 4 aliphatic carbocycles. The Morgan fingerprint density at radius 1 is 0.735 bits per heavy atom. The molecule has 3 N–H and O–H groups in total. The van der Waals surface area contributed by atoms with Crippen molar-refractivity contribution in [1.29, 1.82) is 0 Å². The van der Waals surface area contributed by atoms with E-state index in [1.807, 2.05) is 0 Å². The van der Waals surface area contributed by atoms with Gasteiger partial charge in [0.25, 0.3) is 0 Å². The Kier molecular flexibility index (Phi) is 6.17. The van der Waals surface area contributed by atoms with Crippen molar-refractivity contribution in [3.05, 3.63) is 0 Å². The largest absolute Gasteiger partial charge is 0.393 e. The number of hydrogen-bond donors (Lipinski definition) is 3. The SMILES string of the molecule is C[C@]12CC[C@H]3[C@@H](C[C@@H](N4CCCCC4)[C@@]4(O)C[C@@H](O)CC[C@]34C)[C@@H]1C[C@H](N1CCCCC1)[C@@H]2O. The van der Waals surface area contributed by atoms with Gasteiger partial charge >= 0.3 is 0 Å². The normalized spacial score (nSPS) is 54.8. The lowest BCUT2D eigenvalue weighted by Crippen LogP contribution is -2.72. The summed E-state index contributed by atoms with van der Waals surface area (Å²) in [5.74, 6) is 1.64. The van der Waals surface area contributed by atoms with E-state index in [0.29, 0.717) is 30.2 Å². The predicted octanol–water partition coefficient (Wildman–Crippen LogP) is 3.79. The maximum absolute atomic E-state index is 12.5. The third kappa shape index (κ3) is 3.43. The van der Waals surface area contributed by atoms with Gasteiger partial charge in [0.05, 0.1) is 17.8 Å². The Labute approximate surface area is 207 Å². The van der Waals surface area contributed by atoms with Gasteiger partial charge in [0.1, 0.15) is 0 Å². The molecule has 2 heterocycles. The smallest absolute Gasteiger partial charge is 0.0882 e. The summed E-state index contributed by atoms with van der Waals surface area (Å²) < 4.78 is 0. The van der Waals surface area contributed by atoms with Crippen LogP contribution in [0.15, 0.2) is 0 Å². The summed E-state index contributed by atoms with van der Waals surface area (Å²) in [6.07, 6.45) is 13.8. The van der Waals surface area contributed by atoms with Gasteiger partial charge in [-0.05, 0) is 114 Å². The molecule has 5 nitrogen and oxygen atoms in total. The van der Waals surface area contributed by atoms with E-state index in [-0.39, 0.29) is 29.1 Å². The van der Waals surface area contributed by atoms with Gasteiger partial charge in [0.15, 0.2) is 0 Å². The number of rotatable bonds is 2. The predicted molar refractivity (Wildman–Crippen MR) is 134 cm³/mol. The van der Waals surface area contributed by atoms with E-state index in [1.165, 1.54) is 38.5 Å². The average Bonchev–Trinajstić information content (AvgIpc) is 3.12. The summed E-state index contributed by atoms with van der Waals surface area (Å²) in [6.45, 7) is 9.30. The molecule has 6 aliphatic rings. The molecule has 2 saturated heterocycles. The Bertz CT molecular complexity index is 752. The summed E-state index contributed by atoms with van der Waals surface area (Å²) in [5.41, 5.74) is -0.914. The molecule has 0 unspecified atom stereocenters. The Morgan fingerprint density at radius 2 is 1.38 bits per heavy atom. The lowest BCUT2D eigenvalue weighted by molar-refractivity contribution is -0.253. The van der Waals surface area contributed by atoms with Crippen molar-refractivity contribution < 1.29 is 15.3 Å². The highest BCUT2D eigenvalue weighted by Gasteiger charge is 2.69. The number of nitrogens with zero attached hydrogens (tertiary/aromatic N) is 2. The first-order valence-electron chi connectivity index (χ1n) is 14.8. The zero-order valence-corrected chi connectivity index (χ0v) is 21.8. The summed E-state index contributed by atoms with van der Waals surface area (Å²) in [7, 11) is 0. The molecule has 10 atom stereocenters. The van der Waals surface area contributed by atoms with Crippen LogP contribution in [0.2, 0.25) is 0 Å². The molecule has 6 rings (SSSR count). The van der Waals surface area contributed by atoms with Gasteiger partial charge in [-0.2, -0.15) is 0 Å². The highest BCUT2D eigenvalue weighted by molar-refractivity contribution is 5.20. The Balaban J connectivity index is 1.35. The number of likely N-dealkylation sites (tertiary alicyclic amines) is 2. The van der Waals surface area contributed by atoms with Crippen LogP contribution in [-0.4, -0.2) is 81.2 Å². The van der Waals surface area contributed by atoms with Crippen LogP contribution in [0.4, 0.5) is 0 Å². The first-order valence-corrected chi connectivity index (χ1v) is 14.8. The van der Waals surface area contributed by atoms with E-state index < -0.39 is 5.60 Å². The van der Waals surface area contributed by atoms with Gasteiger partial charge < -0.3 is 15.3 Å². The van der Waals surface area contributed by atoms with Crippen LogP contribution in [-0.2, 0) is 0 Å². The third-order valence-corrected chi connectivity index (χ3v) is 12.5. The molecule has 0 aromatic heterocycles. The highest BCUT2D eigenvalue weighted by Crippen LogP contribution is 2.68. The van der Waals surface area contributed by atoms with Crippen molar-refractivity contribution in [2.45, 2.75) is 127 Å². The van der Waals surface area contributed by atoms with Crippen molar-refractivity contribution in [2.75, 3.05) is 26.2 Å². The van der Waals surface area contributed by atoms with Crippen molar-refractivity contribution in [2.24, 2.45) is 28.6 Å². The number of fused-ring (bicyclic) bond motifs is 5. The second-order valence-corrected chi connectivity index (χ2v) is 13.9. The molecule has 0 amide bonds. The molecule has 0 aromatic carbocycles. The Morgan fingerprint density at radius 3 is 2.06 bits per heavy atom. The van der Waals surface area contributed by atoms with Crippen molar-refractivity contribution in [3.8, 4) is 0 Å². The lowest BCUT2D eigenvalue weighted by Gasteiger charge is -2.67. The number of hydrogen-bond acceptors (Lipinski definition) is 5. The summed E-state index contributed by atoms with van der Waals surface area (Å²) in [4.78, 5) is 5.25. The van der Waals surface area contributed by atoms with Gasteiger partial charge in [0.2, 0.25) is 0 Å². The summed E-state index contributed by atoms with van der Waals surface area (Å²) in [6, 6.07) is 0.479. The lowest BCUT2D eigenvalue weighted by atomic mass is 9.42. The molecular weight excluding hydrogens is 424 g/mol. The standard InChI is InChI=1S/C29H50N2O3/c1-27-11-10-22-21(23(27)18-24(26(27)33)30-13-5-3-6-14-30)17-25(31-15-7-4-8-16-31)29(34)19-20(32)9-12-28(22,29)2/h20-26,32-34H,3-19H2,1-2H3/t20-,21+,22-,23-,24-,25+,26-,27-,28+,29-/m0/s1. The van der Waals surface area contributed by atoms with Gasteiger partial charge in [-0.1, -0.05) is 26.7 Å². The van der Waals surface area contributed by atoms with E-state index in [2.05, 4.69) is 23.6 Å². The van der Waals surface area contributed by atoms with E-state index in [4.69, 9.17) is 0 Å². The zero-order valence-electron chi connectivity index (χ0n) is 21.8. The molecule has 6 fully saturated rings. The topological polar surface area (TPSA) is 67.2 Å². The van der Waals surface area contributed by atoms with Gasteiger partial charge in [-0.15, -0.1) is 0 Å². The molecule has 0 radical (unpaired) electrons. The van der Waals surface area contributed by atoms with E-state index in [9.17, 15) is 15.3 Å². The average molecular weight is 475 g/mol. The maximum atomic E-state index is 12.5. The number of aliphatic hydroxyl groups is 3. The Hall–Kier alpha value is -0.200. The van der Waals surface area contributed by atoms with Crippen LogP contribution in [0.1, 0.15) is 97.3 Å². The van der Waals surface area contributed by atoms with Crippen LogP contribution >= 0.6 is 0 Å². The number of aliphatic hydroxyl groups excluding tert-OH is 2. The van der Waals surface area contributed by atoms with E-state index >= 15 is 0 Å². The molecule has 2 aliphatic heterocycles. The second kappa shape index (κ2) is 8.68. The number of piperidine rings is 2. The second-order valence-electron chi connectivity index (χ2n) is 13.9. The van der Waals surface area contributed by atoms with Crippen LogP contribution in [0, 0.1) is 28.6 Å². The summed E-state index contributed by atoms with van der Waals surface area (Å²) >= 11 is 0. The zero-order chi connectivity index (χ0) is 23.7. The molecule has 194 valence electrons.